The Balaban J connectivity index is 1.93. The van der Waals surface area contributed by atoms with Crippen molar-refractivity contribution in [2.24, 2.45) is 19.8 Å². The summed E-state index contributed by atoms with van der Waals surface area (Å²) in [6.45, 7) is -0.482. The molecule has 0 atom stereocenters. The molecule has 130 valence electrons. The first-order valence-electron chi connectivity index (χ1n) is 7.18. The summed E-state index contributed by atoms with van der Waals surface area (Å²) in [5, 5.41) is 2.49. The monoisotopic (exact) mass is 345 g/mol. The molecule has 4 N–H and O–H groups in total. The number of hydrogen-bond acceptors (Lipinski definition) is 5. The van der Waals surface area contributed by atoms with Gasteiger partial charge in [0.25, 0.3) is 11.5 Å². The molecule has 3 rings (SSSR count). The van der Waals surface area contributed by atoms with Gasteiger partial charge in [-0.15, -0.1) is 0 Å². The first kappa shape index (κ1) is 16.2. The highest BCUT2D eigenvalue weighted by Gasteiger charge is 2.17. The molecule has 11 heteroatoms. The standard InChI is InChI=1S/C14H15N7O4/c1-19-6-17-12-10(19)13(24)21(14(25)20(12)2)5-9(22)18-7-3-8(11(15)23)16-4-7/h3-4,6,16H,5H2,1-2H3,(H2,15,23)(H,18,22). The third-order valence-corrected chi connectivity index (χ3v) is 3.73. The molecule has 0 fully saturated rings. The van der Waals surface area contributed by atoms with E-state index in [1.54, 1.807) is 7.05 Å². The smallest absolute Gasteiger partial charge is 0.332 e. The maximum absolute atomic E-state index is 12.5. The number of carbonyl (C=O) groups excluding carboxylic acids is 2. The van der Waals surface area contributed by atoms with Crippen molar-refractivity contribution in [3.05, 3.63) is 45.1 Å². The van der Waals surface area contributed by atoms with Crippen molar-refractivity contribution in [1.82, 2.24) is 23.7 Å². The molecule has 3 aromatic rings. The molecule has 0 aliphatic heterocycles. The molecule has 0 spiro atoms. The van der Waals surface area contributed by atoms with Crippen LogP contribution in [-0.2, 0) is 25.4 Å². The van der Waals surface area contributed by atoms with Crippen LogP contribution in [-0.4, -0.2) is 35.5 Å². The van der Waals surface area contributed by atoms with E-state index in [-0.39, 0.29) is 16.9 Å². The zero-order chi connectivity index (χ0) is 18.3. The van der Waals surface area contributed by atoms with Gasteiger partial charge in [-0.3, -0.25) is 19.0 Å². The maximum atomic E-state index is 12.5. The molecule has 0 bridgehead atoms. The van der Waals surface area contributed by atoms with Gasteiger partial charge in [-0.25, -0.2) is 14.3 Å². The number of nitrogens with one attached hydrogen (secondary N) is 2. The van der Waals surface area contributed by atoms with Crippen LogP contribution in [0.1, 0.15) is 10.5 Å². The molecule has 3 heterocycles. The topological polar surface area (TPSA) is 150 Å². The zero-order valence-electron chi connectivity index (χ0n) is 13.4. The molecule has 0 unspecified atom stereocenters. The second-order valence-electron chi connectivity index (χ2n) is 5.48. The molecular formula is C14H15N7O4. The predicted octanol–water partition coefficient (Wildman–Crippen LogP) is -1.50. The quantitative estimate of drug-likeness (QED) is 0.526. The Bertz CT molecular complexity index is 1110. The Kier molecular flexibility index (Phi) is 3.75. The summed E-state index contributed by atoms with van der Waals surface area (Å²) in [5.41, 5.74) is 4.73. The van der Waals surface area contributed by atoms with Gasteiger partial charge in [0.2, 0.25) is 5.91 Å². The highest BCUT2D eigenvalue weighted by atomic mass is 16.2. The molecular weight excluding hydrogens is 330 g/mol. The molecule has 0 saturated carbocycles. The molecule has 3 aromatic heterocycles. The van der Waals surface area contributed by atoms with Gasteiger partial charge in [0, 0.05) is 20.3 Å². The fraction of sp³-hybridized carbons (Fsp3) is 0.214. The second-order valence-corrected chi connectivity index (χ2v) is 5.48. The lowest BCUT2D eigenvalue weighted by Gasteiger charge is -2.08. The van der Waals surface area contributed by atoms with Crippen molar-refractivity contribution in [2.75, 3.05) is 5.32 Å². The van der Waals surface area contributed by atoms with E-state index in [1.165, 1.54) is 34.8 Å². The van der Waals surface area contributed by atoms with E-state index in [9.17, 15) is 19.2 Å². The number of rotatable bonds is 4. The number of aryl methyl sites for hydroxylation is 2. The van der Waals surface area contributed by atoms with Gasteiger partial charge in [-0.05, 0) is 6.07 Å². The molecule has 0 aliphatic rings. The van der Waals surface area contributed by atoms with Crippen LogP contribution >= 0.6 is 0 Å². The van der Waals surface area contributed by atoms with E-state index in [1.807, 2.05) is 0 Å². The lowest BCUT2D eigenvalue weighted by atomic mass is 10.4. The number of aromatic nitrogens is 5. The minimum absolute atomic E-state index is 0.125. The Morgan fingerprint density at radius 1 is 1.32 bits per heavy atom. The first-order chi connectivity index (χ1) is 11.8. The van der Waals surface area contributed by atoms with Crippen LogP contribution < -0.4 is 22.3 Å². The summed E-state index contributed by atoms with van der Waals surface area (Å²) in [6.07, 6.45) is 2.80. The summed E-state index contributed by atoms with van der Waals surface area (Å²) in [4.78, 5) is 54.6. The van der Waals surface area contributed by atoms with Gasteiger partial charge < -0.3 is 20.6 Å². The lowest BCUT2D eigenvalue weighted by Crippen LogP contribution is -2.42. The number of hydrogen-bond donors (Lipinski definition) is 3. The number of carbonyl (C=O) groups is 2. The van der Waals surface area contributed by atoms with E-state index in [2.05, 4.69) is 15.3 Å². The summed E-state index contributed by atoms with van der Waals surface area (Å²) < 4.78 is 3.50. The van der Waals surface area contributed by atoms with Crippen molar-refractivity contribution in [3.63, 3.8) is 0 Å². The number of anilines is 1. The third kappa shape index (κ3) is 2.71. The minimum atomic E-state index is -0.674. The largest absolute Gasteiger partial charge is 0.364 e. The molecule has 0 aromatic carbocycles. The number of amides is 2. The van der Waals surface area contributed by atoms with Crippen molar-refractivity contribution in [1.29, 1.82) is 0 Å². The predicted molar refractivity (Wildman–Crippen MR) is 88.2 cm³/mol. The normalized spacial score (nSPS) is 11.0. The number of nitrogens with zero attached hydrogens (tertiary/aromatic N) is 4. The second kappa shape index (κ2) is 5.78. The van der Waals surface area contributed by atoms with Crippen molar-refractivity contribution in [2.45, 2.75) is 6.54 Å². The molecule has 2 amide bonds. The van der Waals surface area contributed by atoms with Crippen LogP contribution in [0.4, 0.5) is 5.69 Å². The average Bonchev–Trinajstić information content (AvgIpc) is 3.16. The van der Waals surface area contributed by atoms with Crippen LogP contribution in [0, 0.1) is 0 Å². The highest BCUT2D eigenvalue weighted by molar-refractivity contribution is 5.95. The molecule has 0 saturated heterocycles. The van der Waals surface area contributed by atoms with Gasteiger partial charge in [0.05, 0.1) is 12.0 Å². The Morgan fingerprint density at radius 2 is 2.04 bits per heavy atom. The number of nitrogens with two attached hydrogens (primary N) is 1. The zero-order valence-corrected chi connectivity index (χ0v) is 13.4. The summed E-state index contributed by atoms with van der Waals surface area (Å²) in [7, 11) is 3.09. The van der Waals surface area contributed by atoms with Crippen molar-refractivity contribution < 1.29 is 9.59 Å². The van der Waals surface area contributed by atoms with E-state index in [0.717, 1.165) is 4.57 Å². The molecule has 0 radical (unpaired) electrons. The van der Waals surface area contributed by atoms with Crippen LogP contribution in [0.3, 0.4) is 0 Å². The molecule has 25 heavy (non-hydrogen) atoms. The Hall–Kier alpha value is -3.63. The van der Waals surface area contributed by atoms with Gasteiger partial charge in [0.15, 0.2) is 11.2 Å². The summed E-state index contributed by atoms with van der Waals surface area (Å²) in [5.74, 6) is -1.28. The number of imidazole rings is 1. The van der Waals surface area contributed by atoms with Gasteiger partial charge in [-0.1, -0.05) is 0 Å². The number of primary amides is 1. The van der Waals surface area contributed by atoms with E-state index in [0.29, 0.717) is 5.69 Å². The number of fused-ring (bicyclic) bond motifs is 1. The number of H-pyrrole nitrogens is 1. The van der Waals surface area contributed by atoms with Crippen molar-refractivity contribution >= 4 is 28.7 Å². The van der Waals surface area contributed by atoms with Crippen LogP contribution in [0.25, 0.3) is 11.2 Å². The average molecular weight is 345 g/mol. The van der Waals surface area contributed by atoms with Crippen LogP contribution in [0.15, 0.2) is 28.2 Å². The Morgan fingerprint density at radius 3 is 2.68 bits per heavy atom. The summed E-state index contributed by atoms with van der Waals surface area (Å²) >= 11 is 0. The van der Waals surface area contributed by atoms with Crippen LogP contribution in [0.5, 0.6) is 0 Å². The number of aromatic amines is 1. The van der Waals surface area contributed by atoms with Crippen LogP contribution in [0.2, 0.25) is 0 Å². The van der Waals surface area contributed by atoms with E-state index in [4.69, 9.17) is 5.73 Å². The van der Waals surface area contributed by atoms with Gasteiger partial charge >= 0.3 is 5.69 Å². The minimum Gasteiger partial charge on any atom is -0.364 e. The highest BCUT2D eigenvalue weighted by Crippen LogP contribution is 2.09. The lowest BCUT2D eigenvalue weighted by molar-refractivity contribution is -0.116. The first-order valence-corrected chi connectivity index (χ1v) is 7.18. The van der Waals surface area contributed by atoms with E-state index >= 15 is 0 Å². The van der Waals surface area contributed by atoms with Gasteiger partial charge in [0.1, 0.15) is 12.2 Å². The molecule has 11 nitrogen and oxygen atoms in total. The Labute approximate surface area is 139 Å². The van der Waals surface area contributed by atoms with E-state index < -0.39 is 29.6 Å². The van der Waals surface area contributed by atoms with Crippen molar-refractivity contribution in [3.8, 4) is 0 Å². The summed E-state index contributed by atoms with van der Waals surface area (Å²) in [6, 6.07) is 1.35. The SMILES string of the molecule is Cn1cnc2c1c(=O)n(CC(=O)Nc1c[nH]c(C(N)=O)c1)c(=O)n2C. The molecule has 0 aliphatic carbocycles. The maximum Gasteiger partial charge on any atom is 0.332 e. The fourth-order valence-electron chi connectivity index (χ4n) is 2.49. The van der Waals surface area contributed by atoms with Gasteiger partial charge in [-0.2, -0.15) is 0 Å². The fourth-order valence-corrected chi connectivity index (χ4v) is 2.49. The third-order valence-electron chi connectivity index (χ3n) is 3.73.